The van der Waals surface area contributed by atoms with Crippen LogP contribution in [0.3, 0.4) is 0 Å². The van der Waals surface area contributed by atoms with E-state index in [9.17, 15) is 5.26 Å². The van der Waals surface area contributed by atoms with Gasteiger partial charge in [0.15, 0.2) is 0 Å². The van der Waals surface area contributed by atoms with Crippen LogP contribution in [-0.2, 0) is 6.42 Å². The first kappa shape index (κ1) is 24.6. The summed E-state index contributed by atoms with van der Waals surface area (Å²) in [6.07, 6.45) is 16.2. The van der Waals surface area contributed by atoms with Crippen LogP contribution in [-0.4, -0.2) is 0 Å². The largest absolute Gasteiger partial charge is 0.198 e. The molecule has 1 aliphatic rings. The maximum absolute atomic E-state index is 9.82. The fraction of sp³-hybridized carbons (Fsp3) is 0.581. The highest BCUT2D eigenvalue weighted by Crippen LogP contribution is 2.36. The molecule has 0 heterocycles. The number of nitrogens with zero attached hydrogens (tertiary/aromatic N) is 1. The van der Waals surface area contributed by atoms with Crippen LogP contribution in [0.4, 0.5) is 0 Å². The molecule has 0 amide bonds. The van der Waals surface area contributed by atoms with E-state index in [-0.39, 0.29) is 5.92 Å². The van der Waals surface area contributed by atoms with Crippen LogP contribution in [0.1, 0.15) is 108 Å². The summed E-state index contributed by atoms with van der Waals surface area (Å²) >= 11 is 0. The van der Waals surface area contributed by atoms with Crippen molar-refractivity contribution in [3.05, 3.63) is 59.7 Å². The SMILES string of the molecule is CCCCc1ccc(-c2ccc([C@H](CCCC)CCC(C#N)C3CCCCC3)cc2)cc1. The van der Waals surface area contributed by atoms with Gasteiger partial charge in [-0.1, -0.05) is 101 Å². The van der Waals surface area contributed by atoms with E-state index < -0.39 is 0 Å². The maximum Gasteiger partial charge on any atom is 0.0658 e. The zero-order valence-electron chi connectivity index (χ0n) is 20.5. The molecule has 32 heavy (non-hydrogen) atoms. The van der Waals surface area contributed by atoms with Crippen LogP contribution in [0, 0.1) is 23.2 Å². The molecule has 2 atom stereocenters. The molecule has 2 aromatic carbocycles. The summed E-state index contributed by atoms with van der Waals surface area (Å²) in [5.74, 6) is 1.48. The predicted octanol–water partition coefficient (Wildman–Crippen LogP) is 9.47. The highest BCUT2D eigenvalue weighted by atomic mass is 14.3. The predicted molar refractivity (Wildman–Crippen MR) is 138 cm³/mol. The Morgan fingerprint density at radius 3 is 2.00 bits per heavy atom. The maximum atomic E-state index is 9.82. The number of rotatable bonds is 12. The molecule has 0 N–H and O–H groups in total. The van der Waals surface area contributed by atoms with Crippen molar-refractivity contribution >= 4 is 0 Å². The monoisotopic (exact) mass is 429 g/mol. The molecular weight excluding hydrogens is 386 g/mol. The minimum absolute atomic E-state index is 0.255. The van der Waals surface area contributed by atoms with Crippen molar-refractivity contribution in [2.75, 3.05) is 0 Å². The van der Waals surface area contributed by atoms with E-state index in [1.54, 1.807) is 0 Å². The van der Waals surface area contributed by atoms with Gasteiger partial charge in [-0.2, -0.15) is 5.26 Å². The molecule has 0 aromatic heterocycles. The van der Waals surface area contributed by atoms with E-state index in [2.05, 4.69) is 68.4 Å². The normalized spacial score (nSPS) is 16.4. The second kappa shape index (κ2) is 13.5. The number of nitriles is 1. The Morgan fingerprint density at radius 1 is 0.781 bits per heavy atom. The zero-order valence-corrected chi connectivity index (χ0v) is 20.5. The van der Waals surface area contributed by atoms with Crippen LogP contribution < -0.4 is 0 Å². The second-order valence-corrected chi connectivity index (χ2v) is 9.97. The molecule has 0 spiro atoms. The fourth-order valence-corrected chi connectivity index (χ4v) is 5.44. The third-order valence-corrected chi connectivity index (χ3v) is 7.61. The minimum atomic E-state index is 0.255. The van der Waals surface area contributed by atoms with Crippen molar-refractivity contribution < 1.29 is 0 Å². The average molecular weight is 430 g/mol. The van der Waals surface area contributed by atoms with Crippen LogP contribution in [0.15, 0.2) is 48.5 Å². The zero-order chi connectivity index (χ0) is 22.6. The van der Waals surface area contributed by atoms with E-state index in [1.807, 2.05) is 0 Å². The van der Waals surface area contributed by atoms with Gasteiger partial charge in [-0.25, -0.2) is 0 Å². The summed E-state index contributed by atoms with van der Waals surface area (Å²) in [6.45, 7) is 4.53. The van der Waals surface area contributed by atoms with Gasteiger partial charge in [0.1, 0.15) is 0 Å². The smallest absolute Gasteiger partial charge is 0.0658 e. The molecule has 1 nitrogen and oxygen atoms in total. The Bertz CT molecular complexity index is 805. The van der Waals surface area contributed by atoms with E-state index in [0.29, 0.717) is 11.8 Å². The molecule has 0 radical (unpaired) electrons. The van der Waals surface area contributed by atoms with Gasteiger partial charge >= 0.3 is 0 Å². The third kappa shape index (κ3) is 7.23. The molecular formula is C31H43N. The summed E-state index contributed by atoms with van der Waals surface area (Å²) < 4.78 is 0. The van der Waals surface area contributed by atoms with E-state index in [1.165, 1.54) is 92.9 Å². The van der Waals surface area contributed by atoms with Crippen molar-refractivity contribution in [2.24, 2.45) is 11.8 Å². The Balaban J connectivity index is 1.64. The molecule has 1 heteroatoms. The molecule has 1 aliphatic carbocycles. The number of benzene rings is 2. The van der Waals surface area contributed by atoms with Crippen LogP contribution >= 0.6 is 0 Å². The first-order valence-corrected chi connectivity index (χ1v) is 13.3. The quantitative estimate of drug-likeness (QED) is 0.329. The minimum Gasteiger partial charge on any atom is -0.198 e. The van der Waals surface area contributed by atoms with Crippen molar-refractivity contribution in [2.45, 2.75) is 103 Å². The molecule has 1 saturated carbocycles. The van der Waals surface area contributed by atoms with Gasteiger partial charge in [0.25, 0.3) is 0 Å². The summed E-state index contributed by atoms with van der Waals surface area (Å²) in [5, 5.41) is 9.82. The van der Waals surface area contributed by atoms with Crippen molar-refractivity contribution in [1.29, 1.82) is 5.26 Å². The van der Waals surface area contributed by atoms with Crippen molar-refractivity contribution in [3.8, 4) is 17.2 Å². The number of aryl methyl sites for hydroxylation is 1. The number of unbranched alkanes of at least 4 members (excludes halogenated alkanes) is 2. The lowest BCUT2D eigenvalue weighted by Crippen LogP contribution is -2.17. The lowest BCUT2D eigenvalue weighted by molar-refractivity contribution is 0.272. The Labute approximate surface area is 197 Å². The van der Waals surface area contributed by atoms with E-state index in [0.717, 1.165) is 12.8 Å². The summed E-state index contributed by atoms with van der Waals surface area (Å²) in [6, 6.07) is 21.1. The van der Waals surface area contributed by atoms with Gasteiger partial charge < -0.3 is 0 Å². The van der Waals surface area contributed by atoms with Gasteiger partial charge in [0, 0.05) is 5.92 Å². The Hall–Kier alpha value is -2.07. The van der Waals surface area contributed by atoms with Crippen LogP contribution in [0.25, 0.3) is 11.1 Å². The molecule has 0 saturated heterocycles. The second-order valence-electron chi connectivity index (χ2n) is 9.97. The standard InChI is InChI=1S/C31H43N/c1-3-5-10-25-14-16-28(17-15-25)30-20-18-29(19-21-30)27(11-6-4-2)22-23-31(24-32)26-12-8-7-9-13-26/h14-21,26-27,31H,3-13,22-23H2,1-2H3/t27-,31?/m1/s1. The van der Waals surface area contributed by atoms with Gasteiger partial charge in [-0.15, -0.1) is 0 Å². The van der Waals surface area contributed by atoms with Gasteiger partial charge in [0.05, 0.1) is 6.07 Å². The Kier molecular flexibility index (Phi) is 10.3. The summed E-state index contributed by atoms with van der Waals surface area (Å²) in [4.78, 5) is 0. The molecule has 3 rings (SSSR count). The molecule has 0 bridgehead atoms. The van der Waals surface area contributed by atoms with Crippen molar-refractivity contribution in [3.63, 3.8) is 0 Å². The van der Waals surface area contributed by atoms with Gasteiger partial charge in [-0.05, 0) is 79.0 Å². The topological polar surface area (TPSA) is 23.8 Å². The molecule has 0 aliphatic heterocycles. The first-order valence-electron chi connectivity index (χ1n) is 13.3. The third-order valence-electron chi connectivity index (χ3n) is 7.61. The van der Waals surface area contributed by atoms with E-state index in [4.69, 9.17) is 0 Å². The average Bonchev–Trinajstić information content (AvgIpc) is 2.86. The highest BCUT2D eigenvalue weighted by molar-refractivity contribution is 5.64. The molecule has 1 unspecified atom stereocenters. The highest BCUT2D eigenvalue weighted by Gasteiger charge is 2.24. The number of hydrogen-bond donors (Lipinski definition) is 0. The fourth-order valence-electron chi connectivity index (χ4n) is 5.44. The molecule has 172 valence electrons. The Morgan fingerprint density at radius 2 is 1.41 bits per heavy atom. The summed E-state index contributed by atoms with van der Waals surface area (Å²) in [7, 11) is 0. The van der Waals surface area contributed by atoms with Crippen molar-refractivity contribution in [1.82, 2.24) is 0 Å². The molecule has 1 fully saturated rings. The van der Waals surface area contributed by atoms with Gasteiger partial charge in [0.2, 0.25) is 0 Å². The molecule has 2 aromatic rings. The lowest BCUT2D eigenvalue weighted by atomic mass is 9.77. The van der Waals surface area contributed by atoms with Gasteiger partial charge in [-0.3, -0.25) is 0 Å². The van der Waals surface area contributed by atoms with Crippen LogP contribution in [0.5, 0.6) is 0 Å². The summed E-state index contributed by atoms with van der Waals surface area (Å²) in [5.41, 5.74) is 5.52. The first-order chi connectivity index (χ1) is 15.7. The lowest BCUT2D eigenvalue weighted by Gasteiger charge is -2.27. The van der Waals surface area contributed by atoms with Crippen LogP contribution in [0.2, 0.25) is 0 Å². The van der Waals surface area contributed by atoms with E-state index >= 15 is 0 Å². The number of hydrogen-bond acceptors (Lipinski definition) is 1.